The summed E-state index contributed by atoms with van der Waals surface area (Å²) >= 11 is 0. The van der Waals surface area contributed by atoms with Crippen LogP contribution in [-0.2, 0) is 17.8 Å². The Kier molecular flexibility index (Phi) is 4.21. The summed E-state index contributed by atoms with van der Waals surface area (Å²) < 4.78 is 34.7. The van der Waals surface area contributed by atoms with Crippen LogP contribution >= 0.6 is 0 Å². The summed E-state index contributed by atoms with van der Waals surface area (Å²) in [6, 6.07) is 3.94. The minimum absolute atomic E-state index is 0.0599. The first-order valence-electron chi connectivity index (χ1n) is 6.83. The molecule has 1 saturated heterocycles. The van der Waals surface area contributed by atoms with Crippen LogP contribution in [0.15, 0.2) is 30.6 Å². The van der Waals surface area contributed by atoms with Gasteiger partial charge in [-0.25, -0.2) is 13.5 Å². The number of morpholine rings is 1. The van der Waals surface area contributed by atoms with E-state index in [4.69, 9.17) is 4.74 Å². The van der Waals surface area contributed by atoms with Crippen LogP contribution in [0.25, 0.3) is 0 Å². The van der Waals surface area contributed by atoms with E-state index < -0.39 is 11.6 Å². The summed E-state index contributed by atoms with van der Waals surface area (Å²) in [4.78, 5) is 1.99. The molecule has 0 amide bonds. The maximum absolute atomic E-state index is 13.7. The Morgan fingerprint density at radius 3 is 2.81 bits per heavy atom. The van der Waals surface area contributed by atoms with Gasteiger partial charge in [-0.1, -0.05) is 11.3 Å². The maximum atomic E-state index is 13.7. The van der Waals surface area contributed by atoms with Crippen LogP contribution < -0.4 is 0 Å². The van der Waals surface area contributed by atoms with Crippen LogP contribution in [0.2, 0.25) is 0 Å². The fourth-order valence-electron chi connectivity index (χ4n) is 2.48. The van der Waals surface area contributed by atoms with E-state index in [-0.39, 0.29) is 18.2 Å². The van der Waals surface area contributed by atoms with Gasteiger partial charge in [-0.2, -0.15) is 0 Å². The topological polar surface area (TPSA) is 43.2 Å². The Hall–Kier alpha value is -1.86. The van der Waals surface area contributed by atoms with Crippen molar-refractivity contribution in [2.75, 3.05) is 19.7 Å². The van der Waals surface area contributed by atoms with Crippen molar-refractivity contribution in [1.82, 2.24) is 19.9 Å². The fraction of sp³-hybridized carbons (Fsp3) is 0.429. The summed E-state index contributed by atoms with van der Waals surface area (Å²) in [5, 5.41) is 7.64. The number of rotatable bonds is 4. The zero-order valence-electron chi connectivity index (χ0n) is 11.5. The van der Waals surface area contributed by atoms with E-state index in [1.165, 1.54) is 18.2 Å². The number of aromatic nitrogens is 3. The molecule has 0 saturated carbocycles. The third-order valence-corrected chi connectivity index (χ3v) is 3.53. The highest BCUT2D eigenvalue weighted by Crippen LogP contribution is 2.17. The highest BCUT2D eigenvalue weighted by molar-refractivity contribution is 5.19. The Bertz CT molecular complexity index is 570. The van der Waals surface area contributed by atoms with Crippen molar-refractivity contribution in [3.05, 3.63) is 47.8 Å². The highest BCUT2D eigenvalue weighted by atomic mass is 19.1. The molecule has 1 unspecified atom stereocenters. The Morgan fingerprint density at radius 2 is 2.10 bits per heavy atom. The second-order valence-electron chi connectivity index (χ2n) is 5.05. The molecular formula is C14H16F2N4O. The van der Waals surface area contributed by atoms with Gasteiger partial charge in [0.1, 0.15) is 11.6 Å². The molecule has 7 heteroatoms. The third kappa shape index (κ3) is 3.43. The normalized spacial score (nSPS) is 19.8. The standard InChI is InChI=1S/C14H16F2N4O/c15-13-2-1-3-14(16)12(13)10-19-6-7-21-11(8-19)9-20-5-4-17-18-20/h1-5,11H,6-10H2. The highest BCUT2D eigenvalue weighted by Gasteiger charge is 2.23. The first kappa shape index (κ1) is 14.1. The molecule has 1 atom stereocenters. The van der Waals surface area contributed by atoms with Gasteiger partial charge in [-0.3, -0.25) is 4.90 Å². The van der Waals surface area contributed by atoms with Crippen molar-refractivity contribution < 1.29 is 13.5 Å². The zero-order chi connectivity index (χ0) is 14.7. The van der Waals surface area contributed by atoms with Gasteiger partial charge < -0.3 is 4.74 Å². The summed E-state index contributed by atoms with van der Waals surface area (Å²) in [6.45, 7) is 2.62. The predicted octanol–water partition coefficient (Wildman–Crippen LogP) is 1.46. The minimum Gasteiger partial charge on any atom is -0.374 e. The molecule has 1 aromatic carbocycles. The van der Waals surface area contributed by atoms with E-state index in [0.717, 1.165) is 0 Å². The molecule has 0 N–H and O–H groups in total. The third-order valence-electron chi connectivity index (χ3n) is 3.53. The number of nitrogens with zero attached hydrogens (tertiary/aromatic N) is 4. The van der Waals surface area contributed by atoms with Crippen molar-refractivity contribution in [1.29, 1.82) is 0 Å². The van der Waals surface area contributed by atoms with Crippen LogP contribution in [0.1, 0.15) is 5.56 Å². The molecule has 2 heterocycles. The van der Waals surface area contributed by atoms with Gasteiger partial charge in [0.15, 0.2) is 0 Å². The molecule has 1 aliphatic rings. The second-order valence-corrected chi connectivity index (χ2v) is 5.05. The Labute approximate surface area is 121 Å². The largest absolute Gasteiger partial charge is 0.374 e. The van der Waals surface area contributed by atoms with Crippen LogP contribution in [0.5, 0.6) is 0 Å². The van der Waals surface area contributed by atoms with Gasteiger partial charge >= 0.3 is 0 Å². The zero-order valence-corrected chi connectivity index (χ0v) is 11.5. The average Bonchev–Trinajstić information content (AvgIpc) is 2.96. The lowest BCUT2D eigenvalue weighted by atomic mass is 10.1. The number of hydrogen-bond acceptors (Lipinski definition) is 4. The molecule has 21 heavy (non-hydrogen) atoms. The number of halogens is 2. The van der Waals surface area contributed by atoms with Gasteiger partial charge in [-0.15, -0.1) is 5.10 Å². The van der Waals surface area contributed by atoms with Crippen LogP contribution in [0.4, 0.5) is 8.78 Å². The first-order chi connectivity index (χ1) is 10.2. The maximum Gasteiger partial charge on any atom is 0.130 e. The molecule has 1 fully saturated rings. The number of ether oxygens (including phenoxy) is 1. The van der Waals surface area contributed by atoms with E-state index in [0.29, 0.717) is 26.2 Å². The average molecular weight is 294 g/mol. The summed E-state index contributed by atoms with van der Waals surface area (Å²) in [5.41, 5.74) is 0.110. The van der Waals surface area contributed by atoms with E-state index in [2.05, 4.69) is 10.3 Å². The lowest BCUT2D eigenvalue weighted by Crippen LogP contribution is -2.44. The minimum atomic E-state index is -0.505. The second kappa shape index (κ2) is 6.28. The van der Waals surface area contributed by atoms with Crippen LogP contribution in [-0.4, -0.2) is 45.7 Å². The van der Waals surface area contributed by atoms with E-state index in [9.17, 15) is 8.78 Å². The number of hydrogen-bond donors (Lipinski definition) is 0. The molecule has 0 bridgehead atoms. The predicted molar refractivity (Wildman–Crippen MR) is 71.4 cm³/mol. The summed E-state index contributed by atoms with van der Waals surface area (Å²) in [6.07, 6.45) is 3.31. The molecular weight excluding hydrogens is 278 g/mol. The number of benzene rings is 1. The van der Waals surface area contributed by atoms with Gasteiger partial charge in [0.2, 0.25) is 0 Å². The SMILES string of the molecule is Fc1cccc(F)c1CN1CCOC(Cn2ccnn2)C1. The van der Waals surface area contributed by atoms with Gasteiger partial charge in [0, 0.05) is 31.4 Å². The molecule has 3 rings (SSSR count). The quantitative estimate of drug-likeness (QED) is 0.856. The molecule has 1 aliphatic heterocycles. The summed E-state index contributed by atoms with van der Waals surface area (Å²) in [5.74, 6) is -1.01. The van der Waals surface area contributed by atoms with Crippen molar-refractivity contribution in [3.63, 3.8) is 0 Å². The van der Waals surface area contributed by atoms with Crippen LogP contribution in [0, 0.1) is 11.6 Å². The molecule has 1 aromatic heterocycles. The van der Waals surface area contributed by atoms with E-state index >= 15 is 0 Å². The molecule has 0 spiro atoms. The fourth-order valence-corrected chi connectivity index (χ4v) is 2.48. The van der Waals surface area contributed by atoms with E-state index in [1.807, 2.05) is 4.90 Å². The summed E-state index contributed by atoms with van der Waals surface area (Å²) in [7, 11) is 0. The van der Waals surface area contributed by atoms with Gasteiger partial charge in [0.05, 0.1) is 25.5 Å². The van der Waals surface area contributed by atoms with Gasteiger partial charge in [-0.05, 0) is 12.1 Å². The lowest BCUT2D eigenvalue weighted by Gasteiger charge is -2.32. The van der Waals surface area contributed by atoms with Crippen LogP contribution in [0.3, 0.4) is 0 Å². The monoisotopic (exact) mass is 294 g/mol. The molecule has 0 aliphatic carbocycles. The van der Waals surface area contributed by atoms with E-state index in [1.54, 1.807) is 17.1 Å². The molecule has 2 aromatic rings. The van der Waals surface area contributed by atoms with Gasteiger partial charge in [0.25, 0.3) is 0 Å². The Morgan fingerprint density at radius 1 is 1.29 bits per heavy atom. The Balaban J connectivity index is 1.63. The first-order valence-corrected chi connectivity index (χ1v) is 6.83. The van der Waals surface area contributed by atoms with Crippen molar-refractivity contribution in [2.45, 2.75) is 19.2 Å². The molecule has 5 nitrogen and oxygen atoms in total. The van der Waals surface area contributed by atoms with Crippen molar-refractivity contribution >= 4 is 0 Å². The smallest absolute Gasteiger partial charge is 0.130 e. The molecule has 112 valence electrons. The lowest BCUT2D eigenvalue weighted by molar-refractivity contribution is -0.0409. The van der Waals surface area contributed by atoms with Crippen molar-refractivity contribution in [2.24, 2.45) is 0 Å². The van der Waals surface area contributed by atoms with Crippen molar-refractivity contribution in [3.8, 4) is 0 Å². The molecule has 0 radical (unpaired) electrons.